The third-order valence-electron chi connectivity index (χ3n) is 5.88. The summed E-state index contributed by atoms with van der Waals surface area (Å²) in [6, 6.07) is 13.0. The number of rotatable bonds is 7. The van der Waals surface area contributed by atoms with Crippen LogP contribution in [0.5, 0.6) is 0 Å². The molecule has 8 nitrogen and oxygen atoms in total. The van der Waals surface area contributed by atoms with Crippen LogP contribution in [-0.2, 0) is 11.3 Å². The number of nitrogens with zero attached hydrogens (tertiary/aromatic N) is 3. The molecule has 2 aromatic carbocycles. The molecule has 1 atom stereocenters. The fourth-order valence-electron chi connectivity index (χ4n) is 3.86. The molecule has 0 spiro atoms. The van der Waals surface area contributed by atoms with Gasteiger partial charge in [-0.3, -0.25) is 14.2 Å². The van der Waals surface area contributed by atoms with Crippen molar-refractivity contribution in [2.75, 3.05) is 13.2 Å². The second-order valence-electron chi connectivity index (χ2n) is 8.62. The highest BCUT2D eigenvalue weighted by Crippen LogP contribution is 2.16. The third kappa shape index (κ3) is 4.99. The summed E-state index contributed by atoms with van der Waals surface area (Å²) in [6.07, 6.45) is 1.59. The van der Waals surface area contributed by atoms with E-state index in [1.165, 1.54) is 18.2 Å². The highest BCUT2D eigenvalue weighted by Gasteiger charge is 2.23. The molecule has 0 aliphatic carbocycles. The molecule has 1 fully saturated rings. The molecule has 178 valence electrons. The van der Waals surface area contributed by atoms with E-state index in [1.807, 2.05) is 26.0 Å². The molecule has 1 aliphatic heterocycles. The van der Waals surface area contributed by atoms with E-state index in [0.717, 1.165) is 27.7 Å². The van der Waals surface area contributed by atoms with Crippen molar-refractivity contribution in [3.8, 4) is 5.69 Å². The molecule has 1 amide bonds. The normalized spacial score (nSPS) is 15.6. The van der Waals surface area contributed by atoms with Crippen molar-refractivity contribution in [2.45, 2.75) is 45.3 Å². The van der Waals surface area contributed by atoms with Crippen molar-refractivity contribution in [3.63, 3.8) is 0 Å². The van der Waals surface area contributed by atoms with Gasteiger partial charge in [0, 0.05) is 18.7 Å². The number of benzene rings is 2. The lowest BCUT2D eigenvalue weighted by atomic mass is 10.0. The zero-order valence-electron chi connectivity index (χ0n) is 19.2. The first-order chi connectivity index (χ1) is 16.3. The molecule has 4 rings (SSSR count). The first-order valence-electron chi connectivity index (χ1n) is 11.3. The van der Waals surface area contributed by atoms with Crippen LogP contribution in [0.3, 0.4) is 0 Å². The Morgan fingerprint density at radius 2 is 1.91 bits per heavy atom. The van der Waals surface area contributed by atoms with Crippen molar-refractivity contribution < 1.29 is 13.9 Å². The van der Waals surface area contributed by atoms with Gasteiger partial charge < -0.3 is 10.1 Å². The lowest BCUT2D eigenvalue weighted by Crippen LogP contribution is -2.46. The maximum atomic E-state index is 14.3. The van der Waals surface area contributed by atoms with E-state index in [-0.39, 0.29) is 30.7 Å². The Hall–Kier alpha value is -3.59. The molecule has 3 aromatic rings. The fourth-order valence-corrected chi connectivity index (χ4v) is 3.86. The molecule has 0 saturated carbocycles. The second-order valence-corrected chi connectivity index (χ2v) is 8.62. The summed E-state index contributed by atoms with van der Waals surface area (Å²) in [7, 11) is 0. The van der Waals surface area contributed by atoms with Crippen molar-refractivity contribution in [1.29, 1.82) is 0 Å². The van der Waals surface area contributed by atoms with Crippen LogP contribution in [0.15, 0.2) is 58.1 Å². The van der Waals surface area contributed by atoms with Crippen molar-refractivity contribution in [3.05, 3.63) is 92.0 Å². The van der Waals surface area contributed by atoms with Gasteiger partial charge in [-0.2, -0.15) is 9.78 Å². The number of halogens is 1. The summed E-state index contributed by atoms with van der Waals surface area (Å²) in [6.45, 7) is 4.62. The standard InChI is InChI=1S/C25H27FN4O4/c1-16(2)17-9-11-19(12-10-17)30-25(33)29(15-18-6-3-4-8-21(18)26)24(32)22(28-30)23(31)27-14-20-7-5-13-34-20/h3-4,6,8-12,16,20H,5,7,13-15H2,1-2H3,(H,27,31)/t20-/m0/s1. The molecule has 1 aliphatic rings. The molecule has 1 N–H and O–H groups in total. The number of aromatic nitrogens is 3. The Kier molecular flexibility index (Phi) is 7.02. The Balaban J connectivity index is 1.77. The quantitative estimate of drug-likeness (QED) is 0.578. The Labute approximate surface area is 196 Å². The van der Waals surface area contributed by atoms with Crippen LogP contribution >= 0.6 is 0 Å². The monoisotopic (exact) mass is 466 g/mol. The van der Waals surface area contributed by atoms with Crippen molar-refractivity contribution in [2.24, 2.45) is 0 Å². The van der Waals surface area contributed by atoms with Crippen LogP contribution < -0.4 is 16.6 Å². The number of amides is 1. The van der Waals surface area contributed by atoms with Crippen LogP contribution in [0.2, 0.25) is 0 Å². The van der Waals surface area contributed by atoms with E-state index in [0.29, 0.717) is 12.3 Å². The number of hydrogen-bond acceptors (Lipinski definition) is 5. The largest absolute Gasteiger partial charge is 0.376 e. The van der Waals surface area contributed by atoms with Crippen molar-refractivity contribution >= 4 is 5.91 Å². The fraction of sp³-hybridized carbons (Fsp3) is 0.360. The highest BCUT2D eigenvalue weighted by molar-refractivity contribution is 5.91. The van der Waals surface area contributed by atoms with Gasteiger partial charge in [0.1, 0.15) is 5.82 Å². The first-order valence-corrected chi connectivity index (χ1v) is 11.3. The number of nitrogens with one attached hydrogen (secondary N) is 1. The summed E-state index contributed by atoms with van der Waals surface area (Å²) in [4.78, 5) is 39.3. The van der Waals surface area contributed by atoms with Crippen LogP contribution in [0.4, 0.5) is 4.39 Å². The van der Waals surface area contributed by atoms with Gasteiger partial charge in [-0.05, 0) is 42.5 Å². The average Bonchev–Trinajstić information content (AvgIpc) is 3.35. The highest BCUT2D eigenvalue weighted by atomic mass is 19.1. The SMILES string of the molecule is CC(C)c1ccc(-n2nc(C(=O)NC[C@@H]3CCCO3)c(=O)n(Cc3ccccc3F)c2=O)cc1. The van der Waals surface area contributed by atoms with E-state index in [9.17, 15) is 18.8 Å². The van der Waals surface area contributed by atoms with E-state index < -0.39 is 28.7 Å². The van der Waals surface area contributed by atoms with Crippen LogP contribution in [0, 0.1) is 5.82 Å². The maximum Gasteiger partial charge on any atom is 0.352 e. The molecule has 34 heavy (non-hydrogen) atoms. The topological polar surface area (TPSA) is 95.2 Å². The van der Waals surface area contributed by atoms with Gasteiger partial charge in [-0.25, -0.2) is 9.18 Å². The molecule has 0 radical (unpaired) electrons. The molecule has 0 unspecified atom stereocenters. The summed E-state index contributed by atoms with van der Waals surface area (Å²) >= 11 is 0. The number of carbonyl (C=O) groups excluding carboxylic acids is 1. The Morgan fingerprint density at radius 3 is 2.56 bits per heavy atom. The van der Waals surface area contributed by atoms with E-state index in [1.54, 1.807) is 18.2 Å². The van der Waals surface area contributed by atoms with Gasteiger partial charge in [0.05, 0.1) is 18.3 Å². The summed E-state index contributed by atoms with van der Waals surface area (Å²) in [5, 5.41) is 6.79. The molecular weight excluding hydrogens is 439 g/mol. The summed E-state index contributed by atoms with van der Waals surface area (Å²) in [5.74, 6) is -0.981. The predicted octanol–water partition coefficient (Wildman–Crippen LogP) is 2.61. The maximum absolute atomic E-state index is 14.3. The van der Waals surface area contributed by atoms with Gasteiger partial charge >= 0.3 is 5.69 Å². The number of carbonyl (C=O) groups is 1. The predicted molar refractivity (Wildman–Crippen MR) is 125 cm³/mol. The zero-order chi connectivity index (χ0) is 24.2. The van der Waals surface area contributed by atoms with Crippen molar-refractivity contribution in [1.82, 2.24) is 19.7 Å². The van der Waals surface area contributed by atoms with Crippen LogP contribution in [0.25, 0.3) is 5.69 Å². The van der Waals surface area contributed by atoms with Gasteiger partial charge in [0.2, 0.25) is 5.69 Å². The van der Waals surface area contributed by atoms with E-state index in [2.05, 4.69) is 10.4 Å². The summed E-state index contributed by atoms with van der Waals surface area (Å²) < 4.78 is 21.7. The van der Waals surface area contributed by atoms with Gasteiger partial charge in [0.15, 0.2) is 0 Å². The zero-order valence-corrected chi connectivity index (χ0v) is 19.2. The minimum absolute atomic E-state index is 0.126. The first kappa shape index (κ1) is 23.6. The van der Waals surface area contributed by atoms with Gasteiger partial charge in [-0.15, -0.1) is 0 Å². The minimum atomic E-state index is -0.881. The Morgan fingerprint density at radius 1 is 1.18 bits per heavy atom. The third-order valence-corrected chi connectivity index (χ3v) is 5.88. The molecule has 1 aromatic heterocycles. The number of ether oxygens (including phenoxy) is 1. The lowest BCUT2D eigenvalue weighted by molar-refractivity contribution is 0.0849. The molecular formula is C25H27FN4O4. The smallest absolute Gasteiger partial charge is 0.352 e. The molecule has 9 heteroatoms. The van der Waals surface area contributed by atoms with Gasteiger partial charge in [-0.1, -0.05) is 44.2 Å². The van der Waals surface area contributed by atoms with Crippen LogP contribution in [0.1, 0.15) is 54.2 Å². The Bertz CT molecular complexity index is 1290. The summed E-state index contributed by atoms with van der Waals surface area (Å²) in [5.41, 5.74) is -0.479. The average molecular weight is 467 g/mol. The molecule has 0 bridgehead atoms. The van der Waals surface area contributed by atoms with Gasteiger partial charge in [0.25, 0.3) is 11.5 Å². The van der Waals surface area contributed by atoms with E-state index >= 15 is 0 Å². The molecule has 2 heterocycles. The number of hydrogen-bond donors (Lipinski definition) is 1. The minimum Gasteiger partial charge on any atom is -0.376 e. The second kappa shape index (κ2) is 10.1. The lowest BCUT2D eigenvalue weighted by Gasteiger charge is -2.14. The van der Waals surface area contributed by atoms with E-state index in [4.69, 9.17) is 4.74 Å². The molecule has 1 saturated heterocycles. The van der Waals surface area contributed by atoms with Crippen LogP contribution in [-0.4, -0.2) is 39.5 Å².